The molecule has 23 heavy (non-hydrogen) atoms. The van der Waals surface area contributed by atoms with Gasteiger partial charge >= 0.3 is 5.97 Å². The van der Waals surface area contributed by atoms with E-state index in [4.69, 9.17) is 4.74 Å². The minimum Gasteiger partial charge on any atom is -0.463 e. The first-order chi connectivity index (χ1) is 11.3. The van der Waals surface area contributed by atoms with Crippen molar-refractivity contribution < 1.29 is 9.53 Å². The molecule has 0 amide bonds. The van der Waals surface area contributed by atoms with Crippen LogP contribution in [0, 0.1) is 0 Å². The van der Waals surface area contributed by atoms with Crippen LogP contribution in [0.4, 0.5) is 11.4 Å². The molecule has 0 radical (unpaired) electrons. The van der Waals surface area contributed by atoms with Crippen LogP contribution < -0.4 is 10.6 Å². The van der Waals surface area contributed by atoms with Gasteiger partial charge in [-0.2, -0.15) is 0 Å². The topological polar surface area (TPSA) is 50.4 Å². The molecule has 0 saturated carbocycles. The van der Waals surface area contributed by atoms with Crippen molar-refractivity contribution in [2.45, 2.75) is 19.4 Å². The van der Waals surface area contributed by atoms with E-state index in [-0.39, 0.29) is 12.0 Å². The average molecular weight is 308 g/mol. The van der Waals surface area contributed by atoms with Crippen molar-refractivity contribution in [2.75, 3.05) is 17.2 Å². The predicted molar refractivity (Wildman–Crippen MR) is 92.2 cm³/mol. The number of benzene rings is 2. The van der Waals surface area contributed by atoms with E-state index in [2.05, 4.69) is 22.8 Å². The number of rotatable bonds is 3. The van der Waals surface area contributed by atoms with Gasteiger partial charge < -0.3 is 15.4 Å². The fraction of sp³-hybridized carbons (Fsp3) is 0.211. The van der Waals surface area contributed by atoms with Gasteiger partial charge in [0, 0.05) is 18.2 Å². The first-order valence-electron chi connectivity index (χ1n) is 7.81. The summed E-state index contributed by atoms with van der Waals surface area (Å²) in [6, 6.07) is 18.3. The lowest BCUT2D eigenvalue weighted by Gasteiger charge is -2.18. The van der Waals surface area contributed by atoms with Crippen LogP contribution in [0.3, 0.4) is 0 Å². The van der Waals surface area contributed by atoms with Crippen LogP contribution >= 0.6 is 0 Å². The number of ether oxygens (including phenoxy) is 1. The maximum atomic E-state index is 11.8. The molecule has 4 heteroatoms. The maximum Gasteiger partial charge on any atom is 0.332 e. The van der Waals surface area contributed by atoms with E-state index < -0.39 is 0 Å². The summed E-state index contributed by atoms with van der Waals surface area (Å²) in [6.07, 6.45) is 2.22. The lowest BCUT2D eigenvalue weighted by atomic mass is 10.0. The third-order valence-corrected chi connectivity index (χ3v) is 3.76. The van der Waals surface area contributed by atoms with Crippen molar-refractivity contribution in [1.82, 2.24) is 0 Å². The van der Waals surface area contributed by atoms with Crippen LogP contribution in [0.1, 0.15) is 24.9 Å². The van der Waals surface area contributed by atoms with Gasteiger partial charge in [0.1, 0.15) is 0 Å². The first-order valence-corrected chi connectivity index (χ1v) is 7.81. The van der Waals surface area contributed by atoms with Gasteiger partial charge in [-0.3, -0.25) is 0 Å². The van der Waals surface area contributed by atoms with Crippen molar-refractivity contribution in [3.63, 3.8) is 0 Å². The second-order valence-electron chi connectivity index (χ2n) is 5.40. The molecule has 0 bridgehead atoms. The summed E-state index contributed by atoms with van der Waals surface area (Å²) < 4.78 is 5.04. The van der Waals surface area contributed by atoms with Crippen LogP contribution in [0.15, 0.2) is 66.4 Å². The van der Waals surface area contributed by atoms with Gasteiger partial charge in [0.05, 0.1) is 24.0 Å². The molecule has 2 aromatic rings. The summed E-state index contributed by atoms with van der Waals surface area (Å²) in [5.74, 6) is -0.318. The molecule has 1 unspecified atom stereocenters. The minimum atomic E-state index is -0.318. The number of hydrogen-bond donors (Lipinski definition) is 2. The van der Waals surface area contributed by atoms with Crippen molar-refractivity contribution in [2.24, 2.45) is 0 Å². The van der Waals surface area contributed by atoms with E-state index in [1.54, 1.807) is 13.0 Å². The zero-order valence-corrected chi connectivity index (χ0v) is 13.1. The SMILES string of the molecule is CCOC(=O)/C=C1/CC(c2ccccc2)Nc2ccccc2N1. The van der Waals surface area contributed by atoms with Gasteiger partial charge in [-0.25, -0.2) is 4.79 Å². The Bertz CT molecular complexity index is 710. The standard InChI is InChI=1S/C19H20N2O2/c1-2-23-19(22)13-15-12-18(14-8-4-3-5-9-14)21-17-11-7-6-10-16(17)20-15/h3-11,13,18,20-21H,2,12H2,1H3/b15-13-. The van der Waals surface area contributed by atoms with Crippen LogP contribution in [-0.2, 0) is 9.53 Å². The van der Waals surface area contributed by atoms with Crippen molar-refractivity contribution in [1.29, 1.82) is 0 Å². The fourth-order valence-corrected chi connectivity index (χ4v) is 2.71. The molecule has 0 aromatic heterocycles. The van der Waals surface area contributed by atoms with Crippen molar-refractivity contribution in [3.05, 3.63) is 71.9 Å². The second kappa shape index (κ2) is 7.01. The van der Waals surface area contributed by atoms with Gasteiger partial charge in [0.2, 0.25) is 0 Å². The summed E-state index contributed by atoms with van der Waals surface area (Å²) in [7, 11) is 0. The van der Waals surface area contributed by atoms with Crippen LogP contribution in [0.25, 0.3) is 0 Å². The molecular formula is C19H20N2O2. The lowest BCUT2D eigenvalue weighted by Crippen LogP contribution is -2.11. The number of hydrogen-bond acceptors (Lipinski definition) is 4. The summed E-state index contributed by atoms with van der Waals surface area (Å²) in [6.45, 7) is 2.18. The van der Waals surface area contributed by atoms with Gasteiger partial charge in [0.25, 0.3) is 0 Å². The molecule has 0 fully saturated rings. The third-order valence-electron chi connectivity index (χ3n) is 3.76. The number of nitrogens with one attached hydrogen (secondary N) is 2. The summed E-state index contributed by atoms with van der Waals surface area (Å²) in [5, 5.41) is 6.90. The van der Waals surface area contributed by atoms with E-state index in [0.29, 0.717) is 13.0 Å². The zero-order valence-electron chi connectivity index (χ0n) is 13.1. The Morgan fingerprint density at radius 2 is 1.83 bits per heavy atom. The number of fused-ring (bicyclic) bond motifs is 1. The normalized spacial score (nSPS) is 18.3. The van der Waals surface area contributed by atoms with E-state index in [1.165, 1.54) is 5.56 Å². The molecule has 1 aliphatic heterocycles. The van der Waals surface area contributed by atoms with Gasteiger partial charge in [-0.15, -0.1) is 0 Å². The molecule has 4 nitrogen and oxygen atoms in total. The Kier molecular flexibility index (Phi) is 4.62. The second-order valence-corrected chi connectivity index (χ2v) is 5.40. The summed E-state index contributed by atoms with van der Waals surface area (Å²) in [4.78, 5) is 11.8. The first kappa shape index (κ1) is 15.2. The monoisotopic (exact) mass is 308 g/mol. The number of para-hydroxylation sites is 2. The van der Waals surface area contributed by atoms with Crippen molar-refractivity contribution in [3.8, 4) is 0 Å². The largest absolute Gasteiger partial charge is 0.463 e. The van der Waals surface area contributed by atoms with E-state index in [9.17, 15) is 4.79 Å². The fourth-order valence-electron chi connectivity index (χ4n) is 2.71. The number of esters is 1. The molecule has 1 heterocycles. The number of carbonyl (C=O) groups excluding carboxylic acids is 1. The Morgan fingerprint density at radius 1 is 1.13 bits per heavy atom. The maximum absolute atomic E-state index is 11.8. The third kappa shape index (κ3) is 3.72. The molecule has 2 aromatic carbocycles. The zero-order chi connectivity index (χ0) is 16.1. The van der Waals surface area contributed by atoms with E-state index in [0.717, 1.165) is 17.1 Å². The minimum absolute atomic E-state index is 0.0908. The molecule has 118 valence electrons. The predicted octanol–water partition coefficient (Wildman–Crippen LogP) is 4.10. The molecule has 0 spiro atoms. The van der Waals surface area contributed by atoms with E-state index >= 15 is 0 Å². The molecular weight excluding hydrogens is 288 g/mol. The Hall–Kier alpha value is -2.75. The van der Waals surface area contributed by atoms with Gasteiger partial charge in [0.15, 0.2) is 0 Å². The Labute approximate surface area is 136 Å². The lowest BCUT2D eigenvalue weighted by molar-refractivity contribution is -0.137. The quantitative estimate of drug-likeness (QED) is 0.662. The van der Waals surface area contributed by atoms with Gasteiger partial charge in [-0.05, 0) is 24.6 Å². The molecule has 2 N–H and O–H groups in total. The smallest absolute Gasteiger partial charge is 0.332 e. The van der Waals surface area contributed by atoms with Crippen LogP contribution in [0.2, 0.25) is 0 Å². The average Bonchev–Trinajstić information content (AvgIpc) is 2.74. The van der Waals surface area contributed by atoms with Crippen LogP contribution in [-0.4, -0.2) is 12.6 Å². The van der Waals surface area contributed by atoms with Gasteiger partial charge in [-0.1, -0.05) is 42.5 Å². The summed E-state index contributed by atoms with van der Waals surface area (Å²) in [5.41, 5.74) is 4.01. The highest BCUT2D eigenvalue weighted by Gasteiger charge is 2.20. The number of carbonyl (C=O) groups is 1. The Balaban J connectivity index is 1.95. The Morgan fingerprint density at radius 3 is 2.57 bits per heavy atom. The molecule has 1 aliphatic rings. The molecule has 0 aliphatic carbocycles. The summed E-state index contributed by atoms with van der Waals surface area (Å²) >= 11 is 0. The van der Waals surface area contributed by atoms with E-state index in [1.807, 2.05) is 42.5 Å². The highest BCUT2D eigenvalue weighted by atomic mass is 16.5. The highest BCUT2D eigenvalue weighted by molar-refractivity contribution is 5.84. The number of anilines is 2. The molecule has 1 atom stereocenters. The molecule has 3 rings (SSSR count). The highest BCUT2D eigenvalue weighted by Crippen LogP contribution is 2.34. The van der Waals surface area contributed by atoms with Crippen molar-refractivity contribution >= 4 is 17.3 Å². The molecule has 0 saturated heterocycles. The van der Waals surface area contributed by atoms with Crippen LogP contribution in [0.5, 0.6) is 0 Å².